The van der Waals surface area contributed by atoms with E-state index in [1.165, 1.54) is 11.3 Å². The molecule has 1 saturated heterocycles. The highest BCUT2D eigenvalue weighted by Gasteiger charge is 2.42. The van der Waals surface area contributed by atoms with Gasteiger partial charge < -0.3 is 15.3 Å². The number of carbonyl (C=O) groups excluding carboxylic acids is 1. The zero-order valence-corrected chi connectivity index (χ0v) is 20.5. The minimum Gasteiger partial charge on any atom is -0.380 e. The first-order valence-electron chi connectivity index (χ1n) is 12.0. The van der Waals surface area contributed by atoms with Crippen LogP contribution in [0.1, 0.15) is 40.0 Å². The molecule has 3 aromatic carbocycles. The third-order valence-corrected chi connectivity index (χ3v) is 7.67. The van der Waals surface area contributed by atoms with E-state index in [0.717, 1.165) is 22.4 Å². The predicted molar refractivity (Wildman–Crippen MR) is 141 cm³/mol. The molecule has 6 heteroatoms. The molecule has 1 amide bonds. The average molecular weight is 484 g/mol. The third kappa shape index (κ3) is 4.72. The van der Waals surface area contributed by atoms with Crippen molar-refractivity contribution in [3.8, 4) is 0 Å². The van der Waals surface area contributed by atoms with Crippen LogP contribution in [-0.4, -0.2) is 34.0 Å². The quantitative estimate of drug-likeness (QED) is 0.354. The maximum absolute atomic E-state index is 13.2. The Morgan fingerprint density at radius 1 is 0.943 bits per heavy atom. The summed E-state index contributed by atoms with van der Waals surface area (Å²) in [6, 6.07) is 27.8. The fraction of sp³-hybridized carbons (Fsp3) is 0.241. The third-order valence-electron chi connectivity index (χ3n) is 6.91. The summed E-state index contributed by atoms with van der Waals surface area (Å²) in [4.78, 5) is 19.6. The number of aryl methyl sites for hydroxylation is 1. The molecule has 0 atom stereocenters. The maximum Gasteiger partial charge on any atom is 0.273 e. The summed E-state index contributed by atoms with van der Waals surface area (Å²) in [6.07, 6.45) is 1.43. The first kappa shape index (κ1) is 23.3. The number of anilines is 2. The second-order valence-electron chi connectivity index (χ2n) is 9.04. The standard InChI is InChI=1S/C29H29N3O2S/c1-21-10-8-9-15-25(21)30-28-31-26(20-35-28)27(33)32-18-16-24(17-19-32)29(34,22-11-4-2-5-12-22)23-13-6-3-7-14-23/h2-15,20,24,34H,16-19H2,1H3,(H,30,31). The second kappa shape index (κ2) is 10.0. The topological polar surface area (TPSA) is 65.5 Å². The number of rotatable bonds is 6. The molecule has 0 unspecified atom stereocenters. The van der Waals surface area contributed by atoms with E-state index in [2.05, 4.69) is 10.3 Å². The molecule has 5 nitrogen and oxygen atoms in total. The summed E-state index contributed by atoms with van der Waals surface area (Å²) in [6.45, 7) is 3.21. The van der Waals surface area contributed by atoms with Gasteiger partial charge in [0.05, 0.1) is 0 Å². The zero-order valence-electron chi connectivity index (χ0n) is 19.7. The molecule has 4 aromatic rings. The summed E-state index contributed by atoms with van der Waals surface area (Å²) in [5, 5.41) is 17.9. The fourth-order valence-corrected chi connectivity index (χ4v) is 5.64. The van der Waals surface area contributed by atoms with Crippen LogP contribution in [0.25, 0.3) is 0 Å². The molecule has 0 aliphatic carbocycles. The normalized spacial score (nSPS) is 14.6. The molecule has 0 saturated carbocycles. The van der Waals surface area contributed by atoms with Crippen LogP contribution in [0.4, 0.5) is 10.8 Å². The van der Waals surface area contributed by atoms with Gasteiger partial charge in [-0.1, -0.05) is 78.9 Å². The maximum atomic E-state index is 13.2. The molecule has 2 N–H and O–H groups in total. The van der Waals surface area contributed by atoms with Crippen molar-refractivity contribution in [3.63, 3.8) is 0 Å². The van der Waals surface area contributed by atoms with E-state index in [1.807, 2.05) is 102 Å². The lowest BCUT2D eigenvalue weighted by Crippen LogP contribution is -2.46. The Morgan fingerprint density at radius 3 is 2.11 bits per heavy atom. The lowest BCUT2D eigenvalue weighted by Gasteiger charge is -2.42. The number of benzene rings is 3. The van der Waals surface area contributed by atoms with Gasteiger partial charge in [-0.3, -0.25) is 4.79 Å². The van der Waals surface area contributed by atoms with E-state index >= 15 is 0 Å². The van der Waals surface area contributed by atoms with Crippen molar-refractivity contribution in [1.29, 1.82) is 0 Å². The van der Waals surface area contributed by atoms with Crippen LogP contribution in [0.3, 0.4) is 0 Å². The van der Waals surface area contributed by atoms with Crippen molar-refractivity contribution in [2.24, 2.45) is 5.92 Å². The molecule has 1 fully saturated rings. The van der Waals surface area contributed by atoms with Gasteiger partial charge in [0.1, 0.15) is 11.3 Å². The summed E-state index contributed by atoms with van der Waals surface area (Å²) in [5.41, 5.74) is 3.27. The van der Waals surface area contributed by atoms with Crippen molar-refractivity contribution < 1.29 is 9.90 Å². The number of piperidine rings is 1. The summed E-state index contributed by atoms with van der Waals surface area (Å²) in [5.74, 6) is -0.0504. The molecule has 2 heterocycles. The van der Waals surface area contributed by atoms with Gasteiger partial charge in [-0.25, -0.2) is 4.98 Å². The lowest BCUT2D eigenvalue weighted by molar-refractivity contribution is -0.0123. The van der Waals surface area contributed by atoms with Gasteiger partial charge in [0, 0.05) is 24.2 Å². The Bertz CT molecular complexity index is 1240. The Balaban J connectivity index is 1.29. The summed E-state index contributed by atoms with van der Waals surface area (Å²) in [7, 11) is 0. The molecule has 1 aliphatic heterocycles. The number of aliphatic hydroxyl groups is 1. The van der Waals surface area contributed by atoms with Crippen molar-refractivity contribution in [2.45, 2.75) is 25.4 Å². The van der Waals surface area contributed by atoms with Crippen molar-refractivity contribution in [1.82, 2.24) is 9.88 Å². The fourth-order valence-electron chi connectivity index (χ4n) is 4.94. The van der Waals surface area contributed by atoms with Gasteiger partial charge in [-0.05, 0) is 48.4 Å². The van der Waals surface area contributed by atoms with Gasteiger partial charge >= 0.3 is 0 Å². The minimum absolute atomic E-state index is 0.00469. The minimum atomic E-state index is -1.09. The number of thiazole rings is 1. The molecular formula is C29H29N3O2S. The van der Waals surface area contributed by atoms with E-state index in [4.69, 9.17) is 0 Å². The average Bonchev–Trinajstić information content (AvgIpc) is 3.39. The van der Waals surface area contributed by atoms with E-state index < -0.39 is 5.60 Å². The molecule has 1 aromatic heterocycles. The number of aromatic nitrogens is 1. The van der Waals surface area contributed by atoms with E-state index in [0.29, 0.717) is 36.8 Å². The number of para-hydroxylation sites is 1. The highest BCUT2D eigenvalue weighted by molar-refractivity contribution is 7.14. The van der Waals surface area contributed by atoms with Crippen LogP contribution in [0, 0.1) is 12.8 Å². The highest BCUT2D eigenvalue weighted by atomic mass is 32.1. The van der Waals surface area contributed by atoms with Crippen LogP contribution < -0.4 is 5.32 Å². The molecule has 35 heavy (non-hydrogen) atoms. The predicted octanol–water partition coefficient (Wildman–Crippen LogP) is 5.98. The number of nitrogens with zero attached hydrogens (tertiary/aromatic N) is 2. The van der Waals surface area contributed by atoms with Gasteiger partial charge in [-0.2, -0.15) is 0 Å². The number of hydrogen-bond donors (Lipinski definition) is 2. The van der Waals surface area contributed by atoms with E-state index in [1.54, 1.807) is 0 Å². The number of carbonyl (C=O) groups is 1. The Morgan fingerprint density at radius 2 is 1.51 bits per heavy atom. The molecule has 0 spiro atoms. The van der Waals surface area contributed by atoms with Crippen molar-refractivity contribution in [3.05, 3.63) is 113 Å². The summed E-state index contributed by atoms with van der Waals surface area (Å²) >= 11 is 1.44. The van der Waals surface area contributed by atoms with E-state index in [9.17, 15) is 9.90 Å². The van der Waals surface area contributed by atoms with Gasteiger partial charge in [0.25, 0.3) is 5.91 Å². The number of hydrogen-bond acceptors (Lipinski definition) is 5. The molecule has 0 bridgehead atoms. The molecule has 0 radical (unpaired) electrons. The highest BCUT2D eigenvalue weighted by Crippen LogP contribution is 2.42. The largest absolute Gasteiger partial charge is 0.380 e. The Labute approximate surface area is 210 Å². The van der Waals surface area contributed by atoms with Crippen LogP contribution in [-0.2, 0) is 5.60 Å². The van der Waals surface area contributed by atoms with Crippen molar-refractivity contribution in [2.75, 3.05) is 18.4 Å². The van der Waals surface area contributed by atoms with Gasteiger partial charge in [0.2, 0.25) is 0 Å². The van der Waals surface area contributed by atoms with Gasteiger partial charge in [0.15, 0.2) is 5.13 Å². The van der Waals surface area contributed by atoms with Crippen molar-refractivity contribution >= 4 is 28.1 Å². The lowest BCUT2D eigenvalue weighted by atomic mass is 9.72. The first-order chi connectivity index (χ1) is 17.1. The molecule has 178 valence electrons. The Kier molecular flexibility index (Phi) is 6.66. The smallest absolute Gasteiger partial charge is 0.273 e. The number of likely N-dealkylation sites (tertiary alicyclic amines) is 1. The molecular weight excluding hydrogens is 454 g/mol. The SMILES string of the molecule is Cc1ccccc1Nc1nc(C(=O)N2CCC(C(O)(c3ccccc3)c3ccccc3)CC2)cs1. The number of nitrogens with one attached hydrogen (secondary N) is 1. The monoisotopic (exact) mass is 483 g/mol. The number of amides is 1. The second-order valence-corrected chi connectivity index (χ2v) is 9.90. The van der Waals surface area contributed by atoms with Gasteiger partial charge in [-0.15, -0.1) is 11.3 Å². The molecule has 1 aliphatic rings. The molecule has 5 rings (SSSR count). The Hall–Kier alpha value is -3.48. The van der Waals surface area contributed by atoms with E-state index in [-0.39, 0.29) is 11.8 Å². The summed E-state index contributed by atoms with van der Waals surface area (Å²) < 4.78 is 0. The van der Waals surface area contributed by atoms with Crippen LogP contribution in [0.2, 0.25) is 0 Å². The van der Waals surface area contributed by atoms with Crippen LogP contribution in [0.5, 0.6) is 0 Å². The van der Waals surface area contributed by atoms with Crippen LogP contribution in [0.15, 0.2) is 90.3 Å². The van der Waals surface area contributed by atoms with Crippen LogP contribution >= 0.6 is 11.3 Å². The zero-order chi connectivity index (χ0) is 24.3. The first-order valence-corrected chi connectivity index (χ1v) is 12.8.